The van der Waals surface area contributed by atoms with E-state index in [1.807, 2.05) is 6.92 Å². The van der Waals surface area contributed by atoms with Gasteiger partial charge in [-0.3, -0.25) is 0 Å². The Kier molecular flexibility index (Phi) is 4.32. The van der Waals surface area contributed by atoms with E-state index in [0.717, 1.165) is 18.4 Å². The summed E-state index contributed by atoms with van der Waals surface area (Å²) in [6.45, 7) is 3.75. The normalized spacial score (nSPS) is 16.0. The fraction of sp³-hybridized carbons (Fsp3) is 0.500. The van der Waals surface area contributed by atoms with Crippen molar-refractivity contribution in [2.24, 2.45) is 0 Å². The largest absolute Gasteiger partial charge is 0.488 e. The molecule has 1 unspecified atom stereocenters. The van der Waals surface area contributed by atoms with Gasteiger partial charge in [-0.05, 0) is 44.4 Å². The number of benzene rings is 1. The number of aliphatic hydroxyl groups excluding tert-OH is 1. The number of aryl methyl sites for hydroxylation is 1. The molecule has 0 radical (unpaired) electrons. The number of carbonyl (C=O) groups excluding carboxylic acids is 1. The van der Waals surface area contributed by atoms with Gasteiger partial charge in [0.2, 0.25) is 0 Å². The molecule has 1 aliphatic carbocycles. The topological polar surface area (TPSA) is 55.8 Å². The molecule has 0 amide bonds. The first-order chi connectivity index (χ1) is 9.02. The highest BCUT2D eigenvalue weighted by atomic mass is 35.5. The summed E-state index contributed by atoms with van der Waals surface area (Å²) in [6.07, 6.45) is 0.706. The van der Waals surface area contributed by atoms with Crippen molar-refractivity contribution in [1.82, 2.24) is 0 Å². The van der Waals surface area contributed by atoms with Gasteiger partial charge < -0.3 is 14.6 Å². The van der Waals surface area contributed by atoms with Crippen LogP contribution in [0.15, 0.2) is 12.1 Å². The predicted molar refractivity (Wildman–Crippen MR) is 71.4 cm³/mol. The zero-order chi connectivity index (χ0) is 14.0. The number of hydrogen-bond donors (Lipinski definition) is 1. The third-order valence-electron chi connectivity index (χ3n) is 2.83. The van der Waals surface area contributed by atoms with Crippen molar-refractivity contribution in [3.63, 3.8) is 0 Å². The van der Waals surface area contributed by atoms with E-state index in [1.165, 1.54) is 0 Å². The quantitative estimate of drug-likeness (QED) is 0.845. The molecule has 0 spiro atoms. The van der Waals surface area contributed by atoms with Crippen molar-refractivity contribution in [2.75, 3.05) is 6.61 Å². The number of ether oxygens (including phenoxy) is 2. The van der Waals surface area contributed by atoms with Gasteiger partial charge in [0.25, 0.3) is 0 Å². The highest BCUT2D eigenvalue weighted by Crippen LogP contribution is 2.38. The Balaban J connectivity index is 2.32. The van der Waals surface area contributed by atoms with Crippen molar-refractivity contribution in [2.45, 2.75) is 38.9 Å². The Morgan fingerprint density at radius 2 is 2.21 bits per heavy atom. The van der Waals surface area contributed by atoms with Crippen LogP contribution in [0.4, 0.5) is 0 Å². The van der Waals surface area contributed by atoms with Crippen molar-refractivity contribution < 1.29 is 19.4 Å². The molecule has 4 nitrogen and oxygen atoms in total. The van der Waals surface area contributed by atoms with Crippen LogP contribution in [0.2, 0.25) is 5.02 Å². The fourth-order valence-corrected chi connectivity index (χ4v) is 2.11. The van der Waals surface area contributed by atoms with Gasteiger partial charge in [0.15, 0.2) is 6.10 Å². The molecule has 1 atom stereocenters. The minimum absolute atomic E-state index is 0.133. The second-order valence-corrected chi connectivity index (χ2v) is 5.04. The second-order valence-electron chi connectivity index (χ2n) is 4.64. The number of halogens is 1. The van der Waals surface area contributed by atoms with Gasteiger partial charge >= 0.3 is 5.97 Å². The first-order valence-electron chi connectivity index (χ1n) is 6.34. The molecule has 5 heteroatoms. The maximum atomic E-state index is 11.6. The van der Waals surface area contributed by atoms with E-state index in [2.05, 4.69) is 0 Å². The van der Waals surface area contributed by atoms with E-state index in [1.54, 1.807) is 19.1 Å². The summed E-state index contributed by atoms with van der Waals surface area (Å²) in [5.41, 5.74) is 1.22. The Hall–Kier alpha value is -1.26. The average molecular weight is 285 g/mol. The minimum atomic E-state index is -1.37. The Labute approximate surface area is 117 Å². The van der Waals surface area contributed by atoms with E-state index in [9.17, 15) is 9.90 Å². The molecule has 0 aliphatic heterocycles. The van der Waals surface area contributed by atoms with Gasteiger partial charge in [-0.25, -0.2) is 4.79 Å². The fourth-order valence-electron chi connectivity index (χ4n) is 1.78. The molecule has 19 heavy (non-hydrogen) atoms. The molecule has 0 heterocycles. The zero-order valence-electron chi connectivity index (χ0n) is 11.0. The molecular weight excluding hydrogens is 268 g/mol. The van der Waals surface area contributed by atoms with Crippen LogP contribution in [0.1, 0.15) is 37.0 Å². The molecule has 1 aromatic rings. The summed E-state index contributed by atoms with van der Waals surface area (Å²) in [7, 11) is 0. The van der Waals surface area contributed by atoms with Gasteiger partial charge in [-0.1, -0.05) is 11.6 Å². The van der Waals surface area contributed by atoms with E-state index in [-0.39, 0.29) is 12.7 Å². The summed E-state index contributed by atoms with van der Waals surface area (Å²) in [6, 6.07) is 3.45. The van der Waals surface area contributed by atoms with Gasteiger partial charge in [0.1, 0.15) is 5.75 Å². The summed E-state index contributed by atoms with van der Waals surface area (Å²) < 4.78 is 10.5. The van der Waals surface area contributed by atoms with Crippen molar-refractivity contribution in [3.8, 4) is 5.75 Å². The molecule has 0 bridgehead atoms. The lowest BCUT2D eigenvalue weighted by Crippen LogP contribution is -2.17. The van der Waals surface area contributed by atoms with Crippen LogP contribution < -0.4 is 4.74 Å². The molecule has 1 fully saturated rings. The number of rotatable bonds is 5. The van der Waals surface area contributed by atoms with Crippen LogP contribution in [-0.4, -0.2) is 23.8 Å². The number of carbonyl (C=O) groups is 1. The summed E-state index contributed by atoms with van der Waals surface area (Å²) in [5.74, 6) is -0.305. The molecule has 1 aromatic carbocycles. The maximum absolute atomic E-state index is 11.6. The van der Waals surface area contributed by atoms with E-state index < -0.39 is 12.1 Å². The lowest BCUT2D eigenvalue weighted by molar-refractivity contribution is -0.153. The van der Waals surface area contributed by atoms with Crippen LogP contribution >= 0.6 is 11.6 Å². The van der Waals surface area contributed by atoms with E-state index >= 15 is 0 Å². The summed E-state index contributed by atoms with van der Waals surface area (Å²) >= 11 is 6.14. The first kappa shape index (κ1) is 14.2. The first-order valence-corrected chi connectivity index (χ1v) is 6.72. The minimum Gasteiger partial charge on any atom is -0.488 e. The smallest absolute Gasteiger partial charge is 0.339 e. The Morgan fingerprint density at radius 3 is 2.79 bits per heavy atom. The second kappa shape index (κ2) is 5.80. The molecule has 1 aliphatic rings. The summed E-state index contributed by atoms with van der Waals surface area (Å²) in [4.78, 5) is 11.6. The Morgan fingerprint density at radius 1 is 1.53 bits per heavy atom. The third kappa shape index (κ3) is 3.39. The standard InChI is InChI=1S/C14H17ClO4/c1-3-18-14(17)12(16)10-6-8(2)7-11(15)13(10)19-9-4-5-9/h6-7,9,12,16H,3-5H2,1-2H3. The molecular formula is C14H17ClO4. The molecule has 104 valence electrons. The van der Waals surface area contributed by atoms with E-state index in [4.69, 9.17) is 21.1 Å². The lowest BCUT2D eigenvalue weighted by atomic mass is 10.1. The maximum Gasteiger partial charge on any atom is 0.339 e. The monoisotopic (exact) mass is 284 g/mol. The molecule has 1 saturated carbocycles. The van der Waals surface area contributed by atoms with E-state index in [0.29, 0.717) is 16.3 Å². The molecule has 0 aromatic heterocycles. The van der Waals surface area contributed by atoms with Gasteiger partial charge in [-0.15, -0.1) is 0 Å². The van der Waals surface area contributed by atoms with Crippen LogP contribution in [-0.2, 0) is 9.53 Å². The predicted octanol–water partition coefficient (Wildman–Crippen LogP) is 2.79. The SMILES string of the molecule is CCOC(=O)C(O)c1cc(C)cc(Cl)c1OC1CC1. The zero-order valence-corrected chi connectivity index (χ0v) is 11.7. The van der Waals surface area contributed by atoms with Gasteiger partial charge in [0, 0.05) is 5.56 Å². The molecule has 0 saturated heterocycles. The highest BCUT2D eigenvalue weighted by Gasteiger charge is 2.30. The van der Waals surface area contributed by atoms with Crippen molar-refractivity contribution in [1.29, 1.82) is 0 Å². The van der Waals surface area contributed by atoms with Crippen LogP contribution in [0.25, 0.3) is 0 Å². The summed E-state index contributed by atoms with van der Waals surface area (Å²) in [5, 5.41) is 10.5. The van der Waals surface area contributed by atoms with Gasteiger partial charge in [0.05, 0.1) is 17.7 Å². The van der Waals surface area contributed by atoms with Gasteiger partial charge in [-0.2, -0.15) is 0 Å². The van der Waals surface area contributed by atoms with Crippen LogP contribution in [0.5, 0.6) is 5.75 Å². The van der Waals surface area contributed by atoms with Crippen LogP contribution in [0, 0.1) is 6.92 Å². The van der Waals surface area contributed by atoms with Crippen LogP contribution in [0.3, 0.4) is 0 Å². The highest BCUT2D eigenvalue weighted by molar-refractivity contribution is 6.32. The lowest BCUT2D eigenvalue weighted by Gasteiger charge is -2.17. The average Bonchev–Trinajstić information content (AvgIpc) is 3.15. The Bertz CT molecular complexity index is 483. The number of esters is 1. The molecule has 2 rings (SSSR count). The van der Waals surface area contributed by atoms with Crippen molar-refractivity contribution >= 4 is 17.6 Å². The molecule has 1 N–H and O–H groups in total. The number of aliphatic hydroxyl groups is 1. The number of hydrogen-bond acceptors (Lipinski definition) is 4. The third-order valence-corrected chi connectivity index (χ3v) is 3.11. The van der Waals surface area contributed by atoms with Crippen molar-refractivity contribution in [3.05, 3.63) is 28.3 Å².